The van der Waals surface area contributed by atoms with Crippen LogP contribution in [0, 0.1) is 12.7 Å². The molecule has 0 bridgehead atoms. The fourth-order valence-corrected chi connectivity index (χ4v) is 5.20. The SMILES string of the molecule is CC(=O)N1c2c(cc(Br)cc2S(=O)(=O)Nc2ccc(C)c(F)c2)CC1C. The van der Waals surface area contributed by atoms with Crippen LogP contribution >= 0.6 is 15.9 Å². The molecule has 1 aliphatic rings. The fraction of sp³-hybridized carbons (Fsp3) is 0.278. The van der Waals surface area contributed by atoms with Crippen molar-refractivity contribution in [1.29, 1.82) is 0 Å². The molecule has 26 heavy (non-hydrogen) atoms. The van der Waals surface area contributed by atoms with Gasteiger partial charge in [-0.2, -0.15) is 0 Å². The molecule has 0 radical (unpaired) electrons. The standard InChI is InChI=1S/C18H18BrFN2O3S/c1-10-4-5-15(9-16(10)20)21-26(24,25)17-8-14(19)7-13-6-11(2)22(12(3)23)18(13)17/h4-5,7-9,11,21H,6H2,1-3H3. The Labute approximate surface area is 160 Å². The molecule has 8 heteroatoms. The molecule has 1 N–H and O–H groups in total. The number of nitrogens with zero attached hydrogens (tertiary/aromatic N) is 1. The number of benzene rings is 2. The van der Waals surface area contributed by atoms with E-state index in [4.69, 9.17) is 0 Å². The lowest BCUT2D eigenvalue weighted by Crippen LogP contribution is -2.34. The van der Waals surface area contributed by atoms with E-state index in [1.165, 1.54) is 30.0 Å². The van der Waals surface area contributed by atoms with Gasteiger partial charge in [0.15, 0.2) is 0 Å². The number of hydrogen-bond acceptors (Lipinski definition) is 3. The second kappa shape index (κ2) is 6.66. The van der Waals surface area contributed by atoms with E-state index in [2.05, 4.69) is 20.7 Å². The van der Waals surface area contributed by atoms with Gasteiger partial charge in [-0.05, 0) is 55.7 Å². The van der Waals surface area contributed by atoms with E-state index in [1.54, 1.807) is 6.92 Å². The molecule has 1 atom stereocenters. The van der Waals surface area contributed by atoms with Gasteiger partial charge in [0.25, 0.3) is 10.0 Å². The van der Waals surface area contributed by atoms with Gasteiger partial charge in [0.2, 0.25) is 5.91 Å². The Bertz CT molecular complexity index is 1010. The molecule has 0 aliphatic carbocycles. The lowest BCUT2D eigenvalue weighted by Gasteiger charge is -2.23. The van der Waals surface area contributed by atoms with Crippen molar-refractivity contribution in [2.45, 2.75) is 38.1 Å². The van der Waals surface area contributed by atoms with E-state index in [0.717, 1.165) is 11.6 Å². The van der Waals surface area contributed by atoms with E-state index in [1.807, 2.05) is 13.0 Å². The largest absolute Gasteiger partial charge is 0.308 e. The van der Waals surface area contributed by atoms with Gasteiger partial charge in [0.05, 0.1) is 11.4 Å². The maximum Gasteiger partial charge on any atom is 0.264 e. The molecule has 0 fully saturated rings. The van der Waals surface area contributed by atoms with Crippen molar-refractivity contribution in [3.05, 3.63) is 51.7 Å². The third-order valence-electron chi connectivity index (χ3n) is 4.37. The first-order valence-corrected chi connectivity index (χ1v) is 10.3. The summed E-state index contributed by atoms with van der Waals surface area (Å²) in [6.07, 6.45) is 0.566. The zero-order chi connectivity index (χ0) is 19.2. The van der Waals surface area contributed by atoms with Crippen LogP contribution < -0.4 is 9.62 Å². The van der Waals surface area contributed by atoms with E-state index in [0.29, 0.717) is 22.1 Å². The summed E-state index contributed by atoms with van der Waals surface area (Å²) < 4.78 is 42.8. The molecule has 1 aliphatic heterocycles. The van der Waals surface area contributed by atoms with Crippen LogP contribution in [0.25, 0.3) is 0 Å². The second-order valence-electron chi connectivity index (χ2n) is 6.42. The number of anilines is 2. The van der Waals surface area contributed by atoms with Gasteiger partial charge in [0, 0.05) is 17.4 Å². The topological polar surface area (TPSA) is 66.5 Å². The number of sulfonamides is 1. The molecule has 2 aromatic rings. The minimum absolute atomic E-state index is 0.0117. The summed E-state index contributed by atoms with van der Waals surface area (Å²) in [5, 5.41) is 0. The van der Waals surface area contributed by atoms with Crippen molar-refractivity contribution < 1.29 is 17.6 Å². The maximum absolute atomic E-state index is 13.8. The van der Waals surface area contributed by atoms with Gasteiger partial charge in [0.1, 0.15) is 10.7 Å². The Morgan fingerprint density at radius 2 is 2.00 bits per heavy atom. The molecule has 3 rings (SSSR count). The van der Waals surface area contributed by atoms with Crippen molar-refractivity contribution in [3.8, 4) is 0 Å². The zero-order valence-corrected chi connectivity index (χ0v) is 16.9. The van der Waals surface area contributed by atoms with E-state index in [9.17, 15) is 17.6 Å². The molecule has 1 amide bonds. The van der Waals surface area contributed by atoms with Gasteiger partial charge in [-0.3, -0.25) is 9.52 Å². The number of carbonyl (C=O) groups is 1. The highest BCUT2D eigenvalue weighted by Gasteiger charge is 2.35. The van der Waals surface area contributed by atoms with Gasteiger partial charge in [-0.25, -0.2) is 12.8 Å². The van der Waals surface area contributed by atoms with Crippen LogP contribution in [0.1, 0.15) is 25.0 Å². The second-order valence-corrected chi connectivity index (χ2v) is 8.99. The minimum atomic E-state index is -4.02. The predicted octanol–water partition coefficient (Wildman–Crippen LogP) is 3.99. The van der Waals surface area contributed by atoms with Crippen molar-refractivity contribution in [2.24, 2.45) is 0 Å². The highest BCUT2D eigenvalue weighted by atomic mass is 79.9. The van der Waals surface area contributed by atoms with Crippen molar-refractivity contribution >= 4 is 43.2 Å². The predicted molar refractivity (Wildman–Crippen MR) is 102 cm³/mol. The molecule has 138 valence electrons. The van der Waals surface area contributed by atoms with E-state index < -0.39 is 15.8 Å². The summed E-state index contributed by atoms with van der Waals surface area (Å²) in [6, 6.07) is 7.28. The Morgan fingerprint density at radius 1 is 1.31 bits per heavy atom. The molecule has 0 aromatic heterocycles. The first-order chi connectivity index (χ1) is 12.1. The number of nitrogens with one attached hydrogen (secondary N) is 1. The molecule has 0 saturated carbocycles. The van der Waals surface area contributed by atoms with Crippen LogP contribution in [0.15, 0.2) is 39.7 Å². The lowest BCUT2D eigenvalue weighted by molar-refractivity contribution is -0.116. The highest BCUT2D eigenvalue weighted by molar-refractivity contribution is 9.10. The van der Waals surface area contributed by atoms with Crippen LogP contribution in [0.4, 0.5) is 15.8 Å². The average Bonchev–Trinajstić information content (AvgIpc) is 2.85. The number of fused-ring (bicyclic) bond motifs is 1. The van der Waals surface area contributed by atoms with Crippen LogP contribution in [-0.4, -0.2) is 20.4 Å². The summed E-state index contributed by atoms with van der Waals surface area (Å²) in [7, 11) is -4.02. The first-order valence-electron chi connectivity index (χ1n) is 8.01. The number of rotatable bonds is 3. The molecule has 1 heterocycles. The first kappa shape index (κ1) is 18.8. The Balaban J connectivity index is 2.11. The summed E-state index contributed by atoms with van der Waals surface area (Å²) in [5.74, 6) is -0.722. The molecular weight excluding hydrogens is 423 g/mol. The number of aryl methyl sites for hydroxylation is 1. The van der Waals surface area contributed by atoms with Gasteiger partial charge in [-0.1, -0.05) is 22.0 Å². The molecule has 1 unspecified atom stereocenters. The quantitative estimate of drug-likeness (QED) is 0.784. The third kappa shape index (κ3) is 3.35. The van der Waals surface area contributed by atoms with Crippen molar-refractivity contribution in [3.63, 3.8) is 0 Å². The van der Waals surface area contributed by atoms with Crippen LogP contribution in [0.2, 0.25) is 0 Å². The molecular formula is C18H18BrFN2O3S. The summed E-state index contributed by atoms with van der Waals surface area (Å²) in [4.78, 5) is 13.6. The van der Waals surface area contributed by atoms with Gasteiger partial charge >= 0.3 is 0 Å². The highest BCUT2D eigenvalue weighted by Crippen LogP contribution is 2.40. The summed E-state index contributed by atoms with van der Waals surface area (Å²) in [6.45, 7) is 4.88. The number of hydrogen-bond donors (Lipinski definition) is 1. The number of amides is 1. The fourth-order valence-electron chi connectivity index (χ4n) is 3.23. The van der Waals surface area contributed by atoms with Crippen LogP contribution in [0.5, 0.6) is 0 Å². The number of carbonyl (C=O) groups excluding carboxylic acids is 1. The van der Waals surface area contributed by atoms with E-state index >= 15 is 0 Å². The third-order valence-corrected chi connectivity index (χ3v) is 6.22. The smallest absolute Gasteiger partial charge is 0.264 e. The lowest BCUT2D eigenvalue weighted by atomic mass is 10.1. The molecule has 2 aromatic carbocycles. The Hall–Kier alpha value is -1.93. The Morgan fingerprint density at radius 3 is 2.62 bits per heavy atom. The average molecular weight is 441 g/mol. The van der Waals surface area contributed by atoms with Crippen molar-refractivity contribution in [2.75, 3.05) is 9.62 Å². The Kier molecular flexibility index (Phi) is 4.83. The van der Waals surface area contributed by atoms with Gasteiger partial charge in [-0.15, -0.1) is 0 Å². The zero-order valence-electron chi connectivity index (χ0n) is 14.5. The normalized spacial score (nSPS) is 16.5. The monoisotopic (exact) mass is 440 g/mol. The van der Waals surface area contributed by atoms with Crippen molar-refractivity contribution in [1.82, 2.24) is 0 Å². The summed E-state index contributed by atoms with van der Waals surface area (Å²) >= 11 is 3.34. The summed E-state index contributed by atoms with van der Waals surface area (Å²) in [5.41, 5.74) is 1.71. The number of halogens is 2. The van der Waals surface area contributed by atoms with Gasteiger partial charge < -0.3 is 4.90 Å². The molecule has 5 nitrogen and oxygen atoms in total. The molecule has 0 spiro atoms. The van der Waals surface area contributed by atoms with Crippen LogP contribution in [0.3, 0.4) is 0 Å². The van der Waals surface area contributed by atoms with Crippen LogP contribution in [-0.2, 0) is 21.2 Å². The minimum Gasteiger partial charge on any atom is -0.308 e. The molecule has 0 saturated heterocycles. The maximum atomic E-state index is 13.8. The van der Waals surface area contributed by atoms with E-state index in [-0.39, 0.29) is 22.5 Å².